The van der Waals surface area contributed by atoms with Crippen LogP contribution in [0.25, 0.3) is 22.2 Å². The molecule has 0 amide bonds. The second-order valence-corrected chi connectivity index (χ2v) is 6.11. The first-order valence-corrected chi connectivity index (χ1v) is 8.07. The lowest BCUT2D eigenvalue weighted by Crippen LogP contribution is -2.01. The number of hydrogen-bond donors (Lipinski definition) is 0. The van der Waals surface area contributed by atoms with Crippen LogP contribution in [0.3, 0.4) is 0 Å². The van der Waals surface area contributed by atoms with E-state index >= 15 is 0 Å². The number of benzene rings is 3. The van der Waals surface area contributed by atoms with Gasteiger partial charge in [-0.3, -0.25) is 0 Å². The molecule has 23 heavy (non-hydrogen) atoms. The van der Waals surface area contributed by atoms with Gasteiger partial charge in [0.2, 0.25) is 0 Å². The van der Waals surface area contributed by atoms with E-state index in [4.69, 9.17) is 11.6 Å². The lowest BCUT2D eigenvalue weighted by molar-refractivity contribution is 0.845. The Hall–Kier alpha value is -2.51. The molecule has 0 aliphatic carbocycles. The van der Waals surface area contributed by atoms with Crippen molar-refractivity contribution in [2.75, 3.05) is 0 Å². The Kier molecular flexibility index (Phi) is 3.64. The Morgan fingerprint density at radius 2 is 1.43 bits per heavy atom. The van der Waals surface area contributed by atoms with Gasteiger partial charge in [-0.05, 0) is 35.4 Å². The molecule has 0 atom stereocenters. The minimum Gasteiger partial charge on any atom is -0.336 e. The van der Waals surface area contributed by atoms with Crippen molar-refractivity contribution in [3.05, 3.63) is 95.5 Å². The van der Waals surface area contributed by atoms with Crippen LogP contribution in [0.1, 0.15) is 5.56 Å². The summed E-state index contributed by atoms with van der Waals surface area (Å²) in [5, 5.41) is 1.95. The lowest BCUT2D eigenvalue weighted by Gasteiger charge is -2.11. The number of halogens is 1. The molecule has 2 heteroatoms. The SMILES string of the molecule is Clc1ccc2c(c1)cc(-c1ccccc1)n2Cc1ccccc1. The van der Waals surface area contributed by atoms with Gasteiger partial charge in [0.15, 0.2) is 0 Å². The molecule has 0 bridgehead atoms. The smallest absolute Gasteiger partial charge is 0.0494 e. The molecule has 1 aromatic heterocycles. The molecule has 0 saturated heterocycles. The van der Waals surface area contributed by atoms with Gasteiger partial charge in [-0.2, -0.15) is 0 Å². The third kappa shape index (κ3) is 2.76. The summed E-state index contributed by atoms with van der Waals surface area (Å²) in [4.78, 5) is 0. The second-order valence-electron chi connectivity index (χ2n) is 5.67. The fourth-order valence-electron chi connectivity index (χ4n) is 3.03. The molecular weight excluding hydrogens is 302 g/mol. The van der Waals surface area contributed by atoms with Crippen LogP contribution in [0.4, 0.5) is 0 Å². The number of nitrogens with zero attached hydrogens (tertiary/aromatic N) is 1. The zero-order valence-corrected chi connectivity index (χ0v) is 13.4. The zero-order chi connectivity index (χ0) is 15.6. The molecule has 0 spiro atoms. The average molecular weight is 318 g/mol. The predicted molar refractivity (Wildman–Crippen MR) is 97.9 cm³/mol. The highest BCUT2D eigenvalue weighted by Crippen LogP contribution is 2.30. The molecule has 0 aliphatic rings. The number of hydrogen-bond acceptors (Lipinski definition) is 0. The van der Waals surface area contributed by atoms with Crippen LogP contribution in [0.2, 0.25) is 5.02 Å². The van der Waals surface area contributed by atoms with Crippen molar-refractivity contribution in [1.29, 1.82) is 0 Å². The van der Waals surface area contributed by atoms with Crippen molar-refractivity contribution in [3.63, 3.8) is 0 Å². The average Bonchev–Trinajstić information content (AvgIpc) is 2.94. The Labute approximate surface area is 140 Å². The largest absolute Gasteiger partial charge is 0.336 e. The van der Waals surface area contributed by atoms with Gasteiger partial charge in [0.25, 0.3) is 0 Å². The Morgan fingerprint density at radius 1 is 0.739 bits per heavy atom. The molecule has 0 fully saturated rings. The first-order valence-electron chi connectivity index (χ1n) is 7.69. The van der Waals surface area contributed by atoms with Crippen molar-refractivity contribution < 1.29 is 0 Å². The van der Waals surface area contributed by atoms with Gasteiger partial charge in [0.1, 0.15) is 0 Å². The topological polar surface area (TPSA) is 4.93 Å². The summed E-state index contributed by atoms with van der Waals surface area (Å²) in [7, 11) is 0. The summed E-state index contributed by atoms with van der Waals surface area (Å²) in [5.74, 6) is 0. The van der Waals surface area contributed by atoms with Crippen molar-refractivity contribution in [3.8, 4) is 11.3 Å². The highest BCUT2D eigenvalue weighted by Gasteiger charge is 2.11. The molecule has 0 saturated carbocycles. The van der Waals surface area contributed by atoms with Crippen molar-refractivity contribution >= 4 is 22.5 Å². The van der Waals surface area contributed by atoms with Gasteiger partial charge < -0.3 is 4.57 Å². The van der Waals surface area contributed by atoms with Crippen LogP contribution in [0.15, 0.2) is 84.9 Å². The van der Waals surface area contributed by atoms with Crippen LogP contribution in [0, 0.1) is 0 Å². The molecule has 4 rings (SSSR count). The molecule has 1 nitrogen and oxygen atoms in total. The van der Waals surface area contributed by atoms with Crippen LogP contribution < -0.4 is 0 Å². The minimum atomic E-state index is 0.772. The maximum Gasteiger partial charge on any atom is 0.0494 e. The molecule has 3 aromatic carbocycles. The Bertz CT molecular complexity index is 940. The normalized spacial score (nSPS) is 11.0. The van der Waals surface area contributed by atoms with E-state index in [0.29, 0.717) is 0 Å². The molecule has 0 aliphatic heterocycles. The second kappa shape index (κ2) is 5.94. The third-order valence-corrected chi connectivity index (χ3v) is 4.35. The first kappa shape index (κ1) is 14.1. The summed E-state index contributed by atoms with van der Waals surface area (Å²) in [6, 6.07) is 29.4. The summed E-state index contributed by atoms with van der Waals surface area (Å²) in [5.41, 5.74) is 4.93. The van der Waals surface area contributed by atoms with E-state index in [-0.39, 0.29) is 0 Å². The van der Waals surface area contributed by atoms with Crippen LogP contribution in [-0.4, -0.2) is 4.57 Å². The standard InChI is InChI=1S/C21H16ClN/c22-19-11-12-20-18(13-19)14-21(17-9-5-2-6-10-17)23(20)15-16-7-3-1-4-8-16/h1-14H,15H2. The molecule has 0 unspecified atom stereocenters. The van der Waals surface area contributed by atoms with Crippen molar-refractivity contribution in [1.82, 2.24) is 4.57 Å². The molecule has 4 aromatic rings. The monoisotopic (exact) mass is 317 g/mol. The van der Waals surface area contributed by atoms with Crippen molar-refractivity contribution in [2.24, 2.45) is 0 Å². The lowest BCUT2D eigenvalue weighted by atomic mass is 10.1. The van der Waals surface area contributed by atoms with E-state index in [2.05, 4.69) is 71.3 Å². The Balaban J connectivity index is 1.92. The quantitative estimate of drug-likeness (QED) is 0.436. The Morgan fingerprint density at radius 3 is 2.17 bits per heavy atom. The van der Waals surface area contributed by atoms with Crippen LogP contribution in [-0.2, 0) is 6.54 Å². The maximum atomic E-state index is 6.18. The van der Waals surface area contributed by atoms with Gasteiger partial charge >= 0.3 is 0 Å². The highest BCUT2D eigenvalue weighted by atomic mass is 35.5. The first-order chi connectivity index (χ1) is 11.3. The number of fused-ring (bicyclic) bond motifs is 1. The van der Waals surface area contributed by atoms with Crippen LogP contribution in [0.5, 0.6) is 0 Å². The summed E-state index contributed by atoms with van der Waals surface area (Å²) >= 11 is 6.18. The number of rotatable bonds is 3. The maximum absolute atomic E-state index is 6.18. The third-order valence-electron chi connectivity index (χ3n) is 4.12. The summed E-state index contributed by atoms with van der Waals surface area (Å²) in [6.07, 6.45) is 0. The van der Waals surface area contributed by atoms with E-state index in [9.17, 15) is 0 Å². The minimum absolute atomic E-state index is 0.772. The fraction of sp³-hybridized carbons (Fsp3) is 0.0476. The van der Waals surface area contributed by atoms with E-state index in [1.807, 2.05) is 18.2 Å². The fourth-order valence-corrected chi connectivity index (χ4v) is 3.21. The summed E-state index contributed by atoms with van der Waals surface area (Å²) in [6.45, 7) is 0.843. The molecule has 0 radical (unpaired) electrons. The molecule has 112 valence electrons. The van der Waals surface area contributed by atoms with Crippen LogP contribution >= 0.6 is 11.6 Å². The van der Waals surface area contributed by atoms with Gasteiger partial charge in [0, 0.05) is 28.2 Å². The number of aromatic nitrogens is 1. The van der Waals surface area contributed by atoms with Gasteiger partial charge in [0.05, 0.1) is 0 Å². The zero-order valence-electron chi connectivity index (χ0n) is 12.6. The molecule has 0 N–H and O–H groups in total. The highest BCUT2D eigenvalue weighted by molar-refractivity contribution is 6.31. The predicted octanol–water partition coefficient (Wildman–Crippen LogP) is 6.01. The van der Waals surface area contributed by atoms with Gasteiger partial charge in [-0.1, -0.05) is 72.3 Å². The molecular formula is C21H16ClN. The van der Waals surface area contributed by atoms with Gasteiger partial charge in [-0.25, -0.2) is 0 Å². The van der Waals surface area contributed by atoms with Gasteiger partial charge in [-0.15, -0.1) is 0 Å². The van der Waals surface area contributed by atoms with E-state index in [1.54, 1.807) is 0 Å². The van der Waals surface area contributed by atoms with E-state index in [0.717, 1.165) is 11.6 Å². The van der Waals surface area contributed by atoms with Crippen molar-refractivity contribution in [2.45, 2.75) is 6.54 Å². The van der Waals surface area contributed by atoms with E-state index < -0.39 is 0 Å². The molecule has 1 heterocycles. The summed E-state index contributed by atoms with van der Waals surface area (Å²) < 4.78 is 2.36. The van der Waals surface area contributed by atoms with E-state index in [1.165, 1.54) is 27.7 Å².